The third-order valence-electron chi connectivity index (χ3n) is 2.50. The summed E-state index contributed by atoms with van der Waals surface area (Å²) in [4.78, 5) is 16.8. The molecule has 4 nitrogen and oxygen atoms in total. The zero-order valence-corrected chi connectivity index (χ0v) is 11.4. The van der Waals surface area contributed by atoms with Crippen LogP contribution in [0.4, 0.5) is 13.2 Å². The number of carbonyl (C=O) groups is 1. The first kappa shape index (κ1) is 17.0. The quantitative estimate of drug-likeness (QED) is 0.863. The van der Waals surface area contributed by atoms with Crippen molar-refractivity contribution in [1.82, 2.24) is 9.88 Å². The average Bonchev–Trinajstić information content (AvgIpc) is 2.43. The molecule has 0 aliphatic carbocycles. The minimum absolute atomic E-state index is 0.00641. The fraction of sp³-hybridized carbons (Fsp3) is 0.429. The van der Waals surface area contributed by atoms with Crippen LogP contribution in [0.15, 0.2) is 18.5 Å². The van der Waals surface area contributed by atoms with Crippen LogP contribution in [0.1, 0.15) is 29.3 Å². The Balaban J connectivity index is 3.09. The van der Waals surface area contributed by atoms with Crippen LogP contribution >= 0.6 is 0 Å². The monoisotopic (exact) mass is 300 g/mol. The van der Waals surface area contributed by atoms with Crippen LogP contribution in [-0.4, -0.2) is 46.8 Å². The van der Waals surface area contributed by atoms with Gasteiger partial charge in [0.25, 0.3) is 5.91 Å². The van der Waals surface area contributed by atoms with E-state index < -0.39 is 25.2 Å². The van der Waals surface area contributed by atoms with Crippen LogP contribution in [0.3, 0.4) is 0 Å². The van der Waals surface area contributed by atoms with Gasteiger partial charge in [-0.05, 0) is 12.5 Å². The highest BCUT2D eigenvalue weighted by molar-refractivity contribution is 5.96. The number of pyridine rings is 1. The lowest BCUT2D eigenvalue weighted by Gasteiger charge is -2.23. The highest BCUT2D eigenvalue weighted by atomic mass is 19.4. The first-order valence-electron chi connectivity index (χ1n) is 6.28. The Morgan fingerprint density at radius 2 is 2.19 bits per heavy atom. The average molecular weight is 300 g/mol. The summed E-state index contributed by atoms with van der Waals surface area (Å²) in [5, 5.41) is 8.67. The van der Waals surface area contributed by atoms with Gasteiger partial charge in [0.2, 0.25) is 0 Å². The largest absolute Gasteiger partial charge is 0.406 e. The second-order valence-corrected chi connectivity index (χ2v) is 4.22. The number of aliphatic hydroxyl groups is 1. The number of aromatic nitrogens is 1. The van der Waals surface area contributed by atoms with Gasteiger partial charge in [0.15, 0.2) is 0 Å². The van der Waals surface area contributed by atoms with Crippen LogP contribution in [0.2, 0.25) is 0 Å². The first-order chi connectivity index (χ1) is 9.89. The molecule has 0 aromatic carbocycles. The minimum atomic E-state index is -4.46. The first-order valence-corrected chi connectivity index (χ1v) is 6.28. The van der Waals surface area contributed by atoms with Crippen molar-refractivity contribution in [3.8, 4) is 11.8 Å². The molecule has 21 heavy (non-hydrogen) atoms. The summed E-state index contributed by atoms with van der Waals surface area (Å²) in [5.41, 5.74) is 0.239. The maximum Gasteiger partial charge on any atom is 0.406 e. The molecule has 0 unspecified atom stereocenters. The topological polar surface area (TPSA) is 53.4 Å². The van der Waals surface area contributed by atoms with Gasteiger partial charge in [0, 0.05) is 18.9 Å². The molecule has 1 aromatic rings. The van der Waals surface area contributed by atoms with E-state index in [0.717, 1.165) is 4.90 Å². The zero-order chi connectivity index (χ0) is 15.9. The smallest absolute Gasteiger partial charge is 0.384 e. The molecule has 114 valence electrons. The molecule has 1 heterocycles. The lowest BCUT2D eigenvalue weighted by molar-refractivity contribution is -0.140. The standard InChI is InChI=1S/C14H15F3N2O2/c1-2-7-19(10-14(15,16)17)13(21)12-5-6-18-9-11(12)4-3-8-20/h5-6,9,20H,2,7-8,10H2,1H3. The maximum absolute atomic E-state index is 12.5. The Hall–Kier alpha value is -2.07. The van der Waals surface area contributed by atoms with E-state index in [9.17, 15) is 18.0 Å². The van der Waals surface area contributed by atoms with Crippen molar-refractivity contribution in [2.75, 3.05) is 19.7 Å². The summed E-state index contributed by atoms with van der Waals surface area (Å²) in [7, 11) is 0. The summed E-state index contributed by atoms with van der Waals surface area (Å²) < 4.78 is 37.6. The van der Waals surface area contributed by atoms with E-state index in [4.69, 9.17) is 5.11 Å². The van der Waals surface area contributed by atoms with Gasteiger partial charge in [-0.1, -0.05) is 18.8 Å². The predicted molar refractivity (Wildman–Crippen MR) is 70.5 cm³/mol. The van der Waals surface area contributed by atoms with E-state index in [0.29, 0.717) is 6.42 Å². The van der Waals surface area contributed by atoms with E-state index in [1.807, 2.05) is 0 Å². The number of amides is 1. The molecule has 7 heteroatoms. The van der Waals surface area contributed by atoms with E-state index in [2.05, 4.69) is 16.8 Å². The summed E-state index contributed by atoms with van der Waals surface area (Å²) in [5.74, 6) is 4.11. The third-order valence-corrected chi connectivity index (χ3v) is 2.50. The van der Waals surface area contributed by atoms with Crippen LogP contribution in [0, 0.1) is 11.8 Å². The van der Waals surface area contributed by atoms with Crippen molar-refractivity contribution in [3.63, 3.8) is 0 Å². The summed E-state index contributed by atoms with van der Waals surface area (Å²) in [6, 6.07) is 1.32. The third kappa shape index (κ3) is 5.44. The van der Waals surface area contributed by atoms with Gasteiger partial charge in [0.05, 0.1) is 11.1 Å². The Bertz CT molecular complexity index is 547. The van der Waals surface area contributed by atoms with Crippen LogP contribution in [-0.2, 0) is 0 Å². The molecule has 0 aliphatic rings. The molecule has 0 fully saturated rings. The normalized spacial score (nSPS) is 10.7. The van der Waals surface area contributed by atoms with Gasteiger partial charge in [-0.2, -0.15) is 13.2 Å². The highest BCUT2D eigenvalue weighted by Gasteiger charge is 2.33. The molecule has 0 saturated carbocycles. The predicted octanol–water partition coefficient (Wildman–Crippen LogP) is 1.84. The number of hydrogen-bond acceptors (Lipinski definition) is 3. The SMILES string of the molecule is CCCN(CC(F)(F)F)C(=O)c1ccncc1C#CCO. The molecule has 0 radical (unpaired) electrons. The Labute approximate surface area is 120 Å². The summed E-state index contributed by atoms with van der Waals surface area (Å²) in [6.45, 7) is -0.0399. The summed E-state index contributed by atoms with van der Waals surface area (Å²) in [6.07, 6.45) is -1.46. The van der Waals surface area contributed by atoms with Crippen molar-refractivity contribution >= 4 is 5.91 Å². The van der Waals surface area contributed by atoms with Crippen molar-refractivity contribution in [2.45, 2.75) is 19.5 Å². The van der Waals surface area contributed by atoms with Gasteiger partial charge >= 0.3 is 6.18 Å². The molecule has 0 bridgehead atoms. The molecule has 1 amide bonds. The number of alkyl halides is 3. The van der Waals surface area contributed by atoms with E-state index >= 15 is 0 Å². The highest BCUT2D eigenvalue weighted by Crippen LogP contribution is 2.19. The van der Waals surface area contributed by atoms with Crippen molar-refractivity contribution in [3.05, 3.63) is 29.6 Å². The Kier molecular flexibility index (Phi) is 6.18. The van der Waals surface area contributed by atoms with E-state index in [-0.39, 0.29) is 17.7 Å². The fourth-order valence-electron chi connectivity index (χ4n) is 1.72. The fourth-order valence-corrected chi connectivity index (χ4v) is 1.72. The second-order valence-electron chi connectivity index (χ2n) is 4.22. The molecule has 1 N–H and O–H groups in total. The zero-order valence-electron chi connectivity index (χ0n) is 11.4. The lowest BCUT2D eigenvalue weighted by Crippen LogP contribution is -2.39. The van der Waals surface area contributed by atoms with Crippen molar-refractivity contribution in [1.29, 1.82) is 0 Å². The van der Waals surface area contributed by atoms with Gasteiger partial charge in [-0.25, -0.2) is 0 Å². The molecular weight excluding hydrogens is 285 g/mol. The number of carbonyl (C=O) groups excluding carboxylic acids is 1. The van der Waals surface area contributed by atoms with E-state index in [1.54, 1.807) is 6.92 Å². The van der Waals surface area contributed by atoms with Crippen molar-refractivity contribution in [2.24, 2.45) is 0 Å². The molecule has 0 saturated heterocycles. The number of aliphatic hydroxyl groups excluding tert-OH is 1. The van der Waals surface area contributed by atoms with Crippen LogP contribution in [0.25, 0.3) is 0 Å². The number of halogens is 3. The second kappa shape index (κ2) is 7.64. The van der Waals surface area contributed by atoms with Gasteiger partial charge in [-0.3, -0.25) is 9.78 Å². The van der Waals surface area contributed by atoms with Gasteiger partial charge in [-0.15, -0.1) is 0 Å². The van der Waals surface area contributed by atoms with Crippen LogP contribution < -0.4 is 0 Å². The van der Waals surface area contributed by atoms with Gasteiger partial charge < -0.3 is 10.0 Å². The van der Waals surface area contributed by atoms with Crippen molar-refractivity contribution < 1.29 is 23.1 Å². The molecule has 1 aromatic heterocycles. The Morgan fingerprint density at radius 3 is 2.76 bits per heavy atom. The van der Waals surface area contributed by atoms with Crippen LogP contribution in [0.5, 0.6) is 0 Å². The maximum atomic E-state index is 12.5. The Morgan fingerprint density at radius 1 is 1.48 bits per heavy atom. The van der Waals surface area contributed by atoms with E-state index in [1.165, 1.54) is 18.5 Å². The molecule has 0 atom stereocenters. The lowest BCUT2D eigenvalue weighted by atomic mass is 10.1. The molecular formula is C14H15F3N2O2. The molecule has 1 rings (SSSR count). The summed E-state index contributed by atoms with van der Waals surface area (Å²) >= 11 is 0. The number of rotatable bonds is 4. The van der Waals surface area contributed by atoms with Gasteiger partial charge in [0.1, 0.15) is 13.2 Å². The molecule has 0 spiro atoms. The number of nitrogens with zero attached hydrogens (tertiary/aromatic N) is 2. The number of hydrogen-bond donors (Lipinski definition) is 1. The minimum Gasteiger partial charge on any atom is -0.384 e. The molecule has 0 aliphatic heterocycles.